The van der Waals surface area contributed by atoms with Gasteiger partial charge in [0.05, 0.1) is 7.11 Å². The van der Waals surface area contributed by atoms with Gasteiger partial charge in [0.15, 0.2) is 0 Å². The van der Waals surface area contributed by atoms with E-state index in [1.165, 1.54) is 14.0 Å². The molecule has 2 aromatic rings. The van der Waals surface area contributed by atoms with Gasteiger partial charge in [-0.1, -0.05) is 54.1 Å². The Balaban J connectivity index is 2.15. The van der Waals surface area contributed by atoms with Gasteiger partial charge in [0, 0.05) is 24.8 Å². The van der Waals surface area contributed by atoms with Crippen LogP contribution in [0.5, 0.6) is 0 Å². The van der Waals surface area contributed by atoms with Crippen molar-refractivity contribution in [1.29, 1.82) is 0 Å². The van der Waals surface area contributed by atoms with Crippen LogP contribution in [0.3, 0.4) is 0 Å². The number of hydrogen-bond acceptors (Lipinski definition) is 4. The number of amides is 2. The van der Waals surface area contributed by atoms with Gasteiger partial charge in [-0.25, -0.2) is 4.79 Å². The molecule has 0 aliphatic heterocycles. The third-order valence-corrected chi connectivity index (χ3v) is 4.34. The Hall–Kier alpha value is -2.86. The van der Waals surface area contributed by atoms with E-state index in [1.807, 2.05) is 36.4 Å². The molecule has 0 aromatic heterocycles. The van der Waals surface area contributed by atoms with E-state index in [1.54, 1.807) is 18.2 Å². The van der Waals surface area contributed by atoms with Crippen molar-refractivity contribution < 1.29 is 19.1 Å². The molecule has 0 saturated heterocycles. The molecule has 2 atom stereocenters. The normalized spacial score (nSPS) is 12.5. The lowest BCUT2D eigenvalue weighted by atomic mass is 10.0. The summed E-state index contributed by atoms with van der Waals surface area (Å²) in [5.74, 6) is -1.37. The van der Waals surface area contributed by atoms with Crippen molar-refractivity contribution in [2.24, 2.45) is 0 Å². The van der Waals surface area contributed by atoms with E-state index in [-0.39, 0.29) is 12.3 Å². The molecular weight excluding hydrogens is 380 g/mol. The number of nitrogens with one attached hydrogen (secondary N) is 2. The summed E-state index contributed by atoms with van der Waals surface area (Å²) in [7, 11) is 1.26. The van der Waals surface area contributed by atoms with Crippen LogP contribution >= 0.6 is 11.6 Å². The van der Waals surface area contributed by atoms with Crippen LogP contribution in [0.4, 0.5) is 0 Å². The highest BCUT2D eigenvalue weighted by atomic mass is 35.5. The zero-order valence-electron chi connectivity index (χ0n) is 15.8. The van der Waals surface area contributed by atoms with Crippen molar-refractivity contribution in [3.63, 3.8) is 0 Å². The van der Waals surface area contributed by atoms with Crippen molar-refractivity contribution in [3.8, 4) is 0 Å². The van der Waals surface area contributed by atoms with Crippen LogP contribution in [0.2, 0.25) is 5.02 Å². The summed E-state index contributed by atoms with van der Waals surface area (Å²) < 4.78 is 4.82. The minimum atomic E-state index is -0.900. The van der Waals surface area contributed by atoms with Gasteiger partial charge in [-0.2, -0.15) is 0 Å². The Kier molecular flexibility index (Phi) is 8.02. The summed E-state index contributed by atoms with van der Waals surface area (Å²) in [5, 5.41) is 5.86. The Bertz CT molecular complexity index is 826. The van der Waals surface area contributed by atoms with Gasteiger partial charge in [0.25, 0.3) is 0 Å². The number of carbonyl (C=O) groups is 3. The molecule has 0 saturated carbocycles. The molecular formula is C21H23ClN2O4. The summed E-state index contributed by atoms with van der Waals surface area (Å²) in [6.45, 7) is 1.34. The average Bonchev–Trinajstić information content (AvgIpc) is 2.66. The third kappa shape index (κ3) is 6.70. The summed E-state index contributed by atoms with van der Waals surface area (Å²) in [6, 6.07) is 14.6. The molecule has 0 heterocycles. The molecule has 0 spiro atoms. The molecule has 0 unspecified atom stereocenters. The summed E-state index contributed by atoms with van der Waals surface area (Å²) in [6.07, 6.45) is 0.522. The van der Waals surface area contributed by atoms with Crippen LogP contribution < -0.4 is 10.6 Å². The Morgan fingerprint density at radius 1 is 0.929 bits per heavy atom. The minimum Gasteiger partial charge on any atom is -0.467 e. The Morgan fingerprint density at radius 3 is 2.18 bits per heavy atom. The van der Waals surface area contributed by atoms with Gasteiger partial charge < -0.3 is 15.4 Å². The topological polar surface area (TPSA) is 84.5 Å². The Morgan fingerprint density at radius 2 is 1.57 bits per heavy atom. The van der Waals surface area contributed by atoms with E-state index in [9.17, 15) is 14.4 Å². The maximum Gasteiger partial charge on any atom is 0.328 e. The first-order chi connectivity index (χ1) is 13.4. The molecule has 0 fully saturated rings. The molecule has 0 bridgehead atoms. The van der Waals surface area contributed by atoms with Crippen LogP contribution in [0.1, 0.15) is 18.1 Å². The van der Waals surface area contributed by atoms with Crippen molar-refractivity contribution >= 4 is 29.4 Å². The van der Waals surface area contributed by atoms with Crippen molar-refractivity contribution in [1.82, 2.24) is 10.6 Å². The summed E-state index contributed by atoms with van der Waals surface area (Å²) >= 11 is 5.99. The maximum atomic E-state index is 12.8. The van der Waals surface area contributed by atoms with E-state index in [4.69, 9.17) is 16.3 Å². The van der Waals surface area contributed by atoms with E-state index in [2.05, 4.69) is 10.6 Å². The van der Waals surface area contributed by atoms with Crippen molar-refractivity contribution in [3.05, 3.63) is 70.7 Å². The first kappa shape index (κ1) is 21.4. The zero-order chi connectivity index (χ0) is 20.5. The first-order valence-corrected chi connectivity index (χ1v) is 9.20. The zero-order valence-corrected chi connectivity index (χ0v) is 16.5. The SMILES string of the molecule is COC(=O)[C@H](Cc1cccc(Cl)c1)NC(=O)[C@@H](Cc1ccccc1)NC(C)=O. The van der Waals surface area contributed by atoms with Gasteiger partial charge in [-0.15, -0.1) is 0 Å². The molecule has 6 nitrogen and oxygen atoms in total. The fourth-order valence-electron chi connectivity index (χ4n) is 2.81. The van der Waals surface area contributed by atoms with Crippen LogP contribution in [0.15, 0.2) is 54.6 Å². The Labute approximate surface area is 169 Å². The van der Waals surface area contributed by atoms with Crippen LogP contribution in [0, 0.1) is 0 Å². The van der Waals surface area contributed by atoms with Crippen LogP contribution in [-0.4, -0.2) is 37.0 Å². The predicted molar refractivity (Wildman–Crippen MR) is 107 cm³/mol. The molecule has 2 aromatic carbocycles. The lowest BCUT2D eigenvalue weighted by molar-refractivity contribution is -0.145. The van der Waals surface area contributed by atoms with Gasteiger partial charge >= 0.3 is 5.97 Å². The molecule has 28 heavy (non-hydrogen) atoms. The highest BCUT2D eigenvalue weighted by molar-refractivity contribution is 6.30. The van der Waals surface area contributed by atoms with E-state index < -0.39 is 24.0 Å². The van der Waals surface area contributed by atoms with Crippen molar-refractivity contribution in [2.75, 3.05) is 7.11 Å². The molecule has 0 aliphatic rings. The lowest BCUT2D eigenvalue weighted by Crippen LogP contribution is -2.53. The molecule has 0 aliphatic carbocycles. The lowest BCUT2D eigenvalue weighted by Gasteiger charge is -2.22. The van der Waals surface area contributed by atoms with E-state index in [0.717, 1.165) is 11.1 Å². The smallest absolute Gasteiger partial charge is 0.328 e. The third-order valence-electron chi connectivity index (χ3n) is 4.11. The quantitative estimate of drug-likeness (QED) is 0.663. The first-order valence-electron chi connectivity index (χ1n) is 8.82. The van der Waals surface area contributed by atoms with Crippen LogP contribution in [0.25, 0.3) is 0 Å². The predicted octanol–water partition coefficient (Wildman–Crippen LogP) is 2.29. The van der Waals surface area contributed by atoms with Crippen LogP contribution in [-0.2, 0) is 32.0 Å². The second kappa shape index (κ2) is 10.5. The molecule has 2 rings (SSSR count). The largest absolute Gasteiger partial charge is 0.467 e. The summed E-state index contributed by atoms with van der Waals surface area (Å²) in [5.41, 5.74) is 1.67. The van der Waals surface area contributed by atoms with E-state index in [0.29, 0.717) is 11.4 Å². The minimum absolute atomic E-state index is 0.219. The number of ether oxygens (including phenoxy) is 1. The number of rotatable bonds is 8. The molecule has 2 amide bonds. The number of carbonyl (C=O) groups excluding carboxylic acids is 3. The molecule has 0 radical (unpaired) electrons. The molecule has 7 heteroatoms. The van der Waals surface area contributed by atoms with Crippen molar-refractivity contribution in [2.45, 2.75) is 31.8 Å². The highest BCUT2D eigenvalue weighted by Crippen LogP contribution is 2.13. The second-order valence-corrected chi connectivity index (χ2v) is 6.80. The molecule has 2 N–H and O–H groups in total. The standard InChI is InChI=1S/C21H23ClN2O4/c1-14(25)23-18(12-15-7-4-3-5-8-15)20(26)24-19(21(27)28-2)13-16-9-6-10-17(22)11-16/h3-11,18-19H,12-13H2,1-2H3,(H,23,25)(H,24,26)/t18-,19+/m1/s1. The number of methoxy groups -OCH3 is 1. The van der Waals surface area contributed by atoms with Gasteiger partial charge in [-0.3, -0.25) is 9.59 Å². The van der Waals surface area contributed by atoms with Gasteiger partial charge in [0.1, 0.15) is 12.1 Å². The number of halogens is 1. The average molecular weight is 403 g/mol. The van der Waals surface area contributed by atoms with Gasteiger partial charge in [0.2, 0.25) is 11.8 Å². The fourth-order valence-corrected chi connectivity index (χ4v) is 3.02. The number of benzene rings is 2. The number of esters is 1. The maximum absolute atomic E-state index is 12.8. The second-order valence-electron chi connectivity index (χ2n) is 6.36. The highest BCUT2D eigenvalue weighted by Gasteiger charge is 2.27. The summed E-state index contributed by atoms with van der Waals surface area (Å²) in [4.78, 5) is 36.5. The van der Waals surface area contributed by atoms with E-state index >= 15 is 0 Å². The number of hydrogen-bond donors (Lipinski definition) is 2. The van der Waals surface area contributed by atoms with Gasteiger partial charge in [-0.05, 0) is 23.3 Å². The molecule has 148 valence electrons. The fraction of sp³-hybridized carbons (Fsp3) is 0.286. The monoisotopic (exact) mass is 402 g/mol.